The SMILES string of the molecule is NC1(c2ccc(-c3nc4ccnc(N5CCC(O)CC5)c4cc3-c3ccccc3)cc2)CCC1.OCF. The number of hydrogen-bond donors (Lipinski definition) is 3. The van der Waals surface area contributed by atoms with Crippen LogP contribution in [0, 0.1) is 0 Å². The van der Waals surface area contributed by atoms with Crippen LogP contribution < -0.4 is 10.6 Å². The van der Waals surface area contributed by atoms with Crippen molar-refractivity contribution in [3.05, 3.63) is 78.5 Å². The minimum Gasteiger partial charge on any atom is -0.393 e. The van der Waals surface area contributed by atoms with Gasteiger partial charge in [-0.05, 0) is 55.4 Å². The maximum absolute atomic E-state index is 9.96. The van der Waals surface area contributed by atoms with E-state index in [0.717, 1.165) is 77.9 Å². The molecule has 0 atom stereocenters. The van der Waals surface area contributed by atoms with Crippen molar-refractivity contribution in [2.45, 2.75) is 43.7 Å². The zero-order valence-corrected chi connectivity index (χ0v) is 20.9. The van der Waals surface area contributed by atoms with Crippen molar-refractivity contribution in [1.82, 2.24) is 9.97 Å². The third kappa shape index (κ3) is 5.21. The van der Waals surface area contributed by atoms with Gasteiger partial charge < -0.3 is 20.8 Å². The topological polar surface area (TPSA) is 95.5 Å². The van der Waals surface area contributed by atoms with Crippen molar-refractivity contribution in [1.29, 1.82) is 0 Å². The number of aromatic nitrogens is 2. The zero-order chi connectivity index (χ0) is 25.8. The Morgan fingerprint density at radius 2 is 1.65 bits per heavy atom. The lowest BCUT2D eigenvalue weighted by atomic mass is 9.72. The van der Waals surface area contributed by atoms with E-state index in [-0.39, 0.29) is 11.6 Å². The van der Waals surface area contributed by atoms with Crippen molar-refractivity contribution < 1.29 is 14.6 Å². The Morgan fingerprint density at radius 3 is 2.27 bits per heavy atom. The quantitative estimate of drug-likeness (QED) is 0.358. The van der Waals surface area contributed by atoms with Crippen LogP contribution in [0.25, 0.3) is 33.3 Å². The highest BCUT2D eigenvalue weighted by Crippen LogP contribution is 2.40. The summed E-state index contributed by atoms with van der Waals surface area (Å²) in [4.78, 5) is 12.2. The summed E-state index contributed by atoms with van der Waals surface area (Å²) < 4.78 is 9.85. The van der Waals surface area contributed by atoms with E-state index in [1.54, 1.807) is 0 Å². The van der Waals surface area contributed by atoms with E-state index in [1.165, 1.54) is 12.0 Å². The fraction of sp³-hybridized carbons (Fsp3) is 0.333. The van der Waals surface area contributed by atoms with E-state index in [0.29, 0.717) is 0 Å². The Balaban J connectivity index is 0.000000892. The van der Waals surface area contributed by atoms with Crippen molar-refractivity contribution in [3.63, 3.8) is 0 Å². The highest BCUT2D eigenvalue weighted by atomic mass is 19.1. The molecule has 6 rings (SSSR count). The summed E-state index contributed by atoms with van der Waals surface area (Å²) in [5, 5.41) is 17.9. The predicted molar refractivity (Wildman–Crippen MR) is 146 cm³/mol. The minimum atomic E-state index is -1.25. The number of nitrogens with two attached hydrogens (primary N) is 1. The molecule has 0 radical (unpaired) electrons. The molecule has 192 valence electrons. The number of nitrogens with zero attached hydrogens (tertiary/aromatic N) is 3. The van der Waals surface area contributed by atoms with Crippen LogP contribution in [0.3, 0.4) is 0 Å². The van der Waals surface area contributed by atoms with Crippen LogP contribution in [0.5, 0.6) is 0 Å². The number of pyridine rings is 2. The van der Waals surface area contributed by atoms with E-state index in [2.05, 4.69) is 59.5 Å². The van der Waals surface area contributed by atoms with Gasteiger partial charge in [0.2, 0.25) is 0 Å². The number of rotatable bonds is 4. The first-order chi connectivity index (χ1) is 18.0. The van der Waals surface area contributed by atoms with Gasteiger partial charge in [-0.25, -0.2) is 14.4 Å². The van der Waals surface area contributed by atoms with Gasteiger partial charge in [-0.1, -0.05) is 54.6 Å². The summed E-state index contributed by atoms with van der Waals surface area (Å²) >= 11 is 0. The van der Waals surface area contributed by atoms with Gasteiger partial charge in [0.1, 0.15) is 5.82 Å². The van der Waals surface area contributed by atoms with Gasteiger partial charge in [-0.15, -0.1) is 0 Å². The molecule has 1 saturated carbocycles. The maximum atomic E-state index is 9.96. The number of aliphatic hydroxyl groups excluding tert-OH is 2. The van der Waals surface area contributed by atoms with Gasteiger partial charge in [-0.3, -0.25) is 0 Å². The first-order valence-electron chi connectivity index (χ1n) is 12.9. The Kier molecular flexibility index (Phi) is 7.46. The molecule has 0 spiro atoms. The lowest BCUT2D eigenvalue weighted by Gasteiger charge is -2.38. The molecule has 1 aliphatic heterocycles. The summed E-state index contributed by atoms with van der Waals surface area (Å²) in [7, 11) is 0. The summed E-state index contributed by atoms with van der Waals surface area (Å²) in [6.45, 7) is 0.357. The normalized spacial score (nSPS) is 17.1. The molecule has 6 nitrogen and oxygen atoms in total. The summed E-state index contributed by atoms with van der Waals surface area (Å²) in [6, 6.07) is 23.4. The van der Waals surface area contributed by atoms with Crippen LogP contribution in [0.15, 0.2) is 72.9 Å². The van der Waals surface area contributed by atoms with E-state index in [4.69, 9.17) is 20.8 Å². The molecule has 2 aromatic heterocycles. The third-order valence-electron chi connectivity index (χ3n) is 7.55. The largest absolute Gasteiger partial charge is 0.393 e. The standard InChI is InChI=1S/C29H30N4O.CH3FO/c30-29(14-4-15-29)22-9-7-21(8-10-22)27-24(20-5-2-1-3-6-20)19-25-26(32-27)11-16-31-28(25)33-17-12-23(34)13-18-33;2-1-3/h1-3,5-11,16,19,23,34H,4,12-15,17-18,30H2;3H,1H2. The number of hydrogen-bond acceptors (Lipinski definition) is 6. The maximum Gasteiger partial charge on any atom is 0.185 e. The molecule has 3 heterocycles. The van der Waals surface area contributed by atoms with Crippen molar-refractivity contribution in [2.75, 3.05) is 24.9 Å². The lowest BCUT2D eigenvalue weighted by molar-refractivity contribution is 0.145. The Hall–Kier alpha value is -3.39. The second kappa shape index (κ2) is 10.9. The highest BCUT2D eigenvalue weighted by molar-refractivity contribution is 5.97. The molecule has 4 N–H and O–H groups in total. The van der Waals surface area contributed by atoms with E-state index in [9.17, 15) is 9.50 Å². The van der Waals surface area contributed by atoms with E-state index >= 15 is 0 Å². The van der Waals surface area contributed by atoms with Crippen molar-refractivity contribution >= 4 is 16.7 Å². The number of benzene rings is 2. The molecule has 2 aliphatic rings. The van der Waals surface area contributed by atoms with E-state index < -0.39 is 6.86 Å². The lowest BCUT2D eigenvalue weighted by Crippen LogP contribution is -2.43. The summed E-state index contributed by atoms with van der Waals surface area (Å²) in [6.07, 6.45) is 6.48. The molecular formula is C30H33FN4O2. The number of halogens is 1. The van der Waals surface area contributed by atoms with Crippen LogP contribution in [-0.2, 0) is 5.54 Å². The molecule has 1 saturated heterocycles. The first-order valence-corrected chi connectivity index (χ1v) is 12.9. The van der Waals surface area contributed by atoms with Gasteiger partial charge in [0, 0.05) is 41.3 Å². The summed E-state index contributed by atoms with van der Waals surface area (Å²) in [5.41, 5.74) is 12.8. The fourth-order valence-electron chi connectivity index (χ4n) is 5.28. The monoisotopic (exact) mass is 500 g/mol. The van der Waals surface area contributed by atoms with E-state index in [1.807, 2.05) is 18.3 Å². The van der Waals surface area contributed by atoms with Gasteiger partial charge >= 0.3 is 0 Å². The van der Waals surface area contributed by atoms with Crippen molar-refractivity contribution in [2.24, 2.45) is 5.73 Å². The smallest absolute Gasteiger partial charge is 0.185 e. The fourth-order valence-corrected chi connectivity index (χ4v) is 5.28. The zero-order valence-electron chi connectivity index (χ0n) is 20.9. The van der Waals surface area contributed by atoms with Gasteiger partial charge in [0.15, 0.2) is 6.86 Å². The molecule has 0 unspecified atom stereocenters. The predicted octanol–water partition coefficient (Wildman–Crippen LogP) is 5.17. The van der Waals surface area contributed by atoms with Crippen LogP contribution in [-0.4, -0.2) is 46.2 Å². The third-order valence-corrected chi connectivity index (χ3v) is 7.55. The van der Waals surface area contributed by atoms with Gasteiger partial charge in [0.25, 0.3) is 0 Å². The number of fused-ring (bicyclic) bond motifs is 1. The summed E-state index contributed by atoms with van der Waals surface area (Å²) in [5.74, 6) is 0.950. The van der Waals surface area contributed by atoms with Crippen LogP contribution >= 0.6 is 0 Å². The molecule has 7 heteroatoms. The van der Waals surface area contributed by atoms with Gasteiger partial charge in [-0.2, -0.15) is 0 Å². The second-order valence-corrected chi connectivity index (χ2v) is 9.88. The molecule has 37 heavy (non-hydrogen) atoms. The molecule has 4 aromatic rings. The molecule has 0 amide bonds. The number of aliphatic hydroxyl groups is 2. The number of piperidine rings is 1. The number of anilines is 1. The first kappa shape index (κ1) is 25.3. The molecular weight excluding hydrogens is 467 g/mol. The Labute approximate surface area is 216 Å². The number of alkyl halides is 1. The molecule has 2 aromatic carbocycles. The molecule has 0 bridgehead atoms. The van der Waals surface area contributed by atoms with Crippen LogP contribution in [0.2, 0.25) is 0 Å². The average Bonchev–Trinajstić information content (AvgIpc) is 2.92. The van der Waals surface area contributed by atoms with Gasteiger partial charge in [0.05, 0.1) is 17.3 Å². The highest BCUT2D eigenvalue weighted by Gasteiger charge is 2.34. The second-order valence-electron chi connectivity index (χ2n) is 9.88. The average molecular weight is 501 g/mol. The minimum absolute atomic E-state index is 0.166. The van der Waals surface area contributed by atoms with Crippen LogP contribution in [0.1, 0.15) is 37.7 Å². The Morgan fingerprint density at radius 1 is 0.973 bits per heavy atom. The molecule has 2 fully saturated rings. The van der Waals surface area contributed by atoms with Crippen molar-refractivity contribution in [3.8, 4) is 22.4 Å². The van der Waals surface area contributed by atoms with Crippen LogP contribution in [0.4, 0.5) is 10.2 Å². The Bertz CT molecular complexity index is 1340. The molecule has 1 aliphatic carbocycles.